The summed E-state index contributed by atoms with van der Waals surface area (Å²) in [5.74, 6) is -1.00. The number of hydrogen-bond acceptors (Lipinski definition) is 3. The Balaban J connectivity index is 2.52. The number of carbonyl (C=O) groups is 2. The zero-order valence-corrected chi connectivity index (χ0v) is 11.3. The number of carbonyl (C=O) groups excluding carboxylic acids is 1. The quantitative estimate of drug-likeness (QED) is 0.781. The summed E-state index contributed by atoms with van der Waals surface area (Å²) < 4.78 is 5.38. The molecule has 0 bridgehead atoms. The van der Waals surface area contributed by atoms with Gasteiger partial charge in [0, 0.05) is 12.5 Å². The van der Waals surface area contributed by atoms with E-state index in [1.54, 1.807) is 0 Å². The number of carboxylic acid groups (broad SMARTS) is 1. The average molecular weight is 257 g/mol. The van der Waals surface area contributed by atoms with Crippen LogP contribution in [0.4, 0.5) is 0 Å². The molecule has 0 aromatic heterocycles. The highest BCUT2D eigenvalue weighted by molar-refractivity contribution is 5.85. The van der Waals surface area contributed by atoms with Gasteiger partial charge in [0.05, 0.1) is 6.10 Å². The van der Waals surface area contributed by atoms with Gasteiger partial charge in [0.2, 0.25) is 5.91 Å². The van der Waals surface area contributed by atoms with Crippen molar-refractivity contribution in [2.24, 2.45) is 11.8 Å². The number of nitrogens with one attached hydrogen (secondary N) is 1. The maximum atomic E-state index is 12.0. The fourth-order valence-corrected chi connectivity index (χ4v) is 2.22. The van der Waals surface area contributed by atoms with Gasteiger partial charge in [0.25, 0.3) is 0 Å². The molecule has 5 heteroatoms. The highest BCUT2D eigenvalue weighted by atomic mass is 16.5. The van der Waals surface area contributed by atoms with Gasteiger partial charge in [0.1, 0.15) is 6.04 Å². The van der Waals surface area contributed by atoms with E-state index in [0.717, 1.165) is 0 Å². The average Bonchev–Trinajstić information content (AvgIpc) is 2.27. The summed E-state index contributed by atoms with van der Waals surface area (Å²) in [4.78, 5) is 23.1. The summed E-state index contributed by atoms with van der Waals surface area (Å²) in [6.45, 7) is 6.39. The molecule has 2 N–H and O–H groups in total. The summed E-state index contributed by atoms with van der Waals surface area (Å²) >= 11 is 0. The zero-order valence-electron chi connectivity index (χ0n) is 11.3. The third-order valence-electron chi connectivity index (χ3n) is 3.18. The monoisotopic (exact) mass is 257 g/mol. The smallest absolute Gasteiger partial charge is 0.326 e. The number of amides is 1. The first kappa shape index (κ1) is 15.0. The first-order chi connectivity index (χ1) is 8.40. The Morgan fingerprint density at radius 1 is 1.44 bits per heavy atom. The highest BCUT2D eigenvalue weighted by Gasteiger charge is 2.29. The Labute approximate surface area is 108 Å². The molecule has 1 fully saturated rings. The topological polar surface area (TPSA) is 75.6 Å². The molecule has 0 aromatic rings. The first-order valence-electron chi connectivity index (χ1n) is 6.55. The van der Waals surface area contributed by atoms with Crippen LogP contribution in [-0.4, -0.2) is 35.7 Å². The summed E-state index contributed by atoms with van der Waals surface area (Å²) in [6, 6.07) is -0.782. The van der Waals surface area contributed by atoms with E-state index in [4.69, 9.17) is 9.84 Å². The van der Waals surface area contributed by atoms with E-state index >= 15 is 0 Å². The standard InChI is InChI=1S/C13H23NO4/c1-8(2)6-11(13(16)17)14-12(15)10-4-5-18-9(3)7-10/h8-11H,4-7H2,1-3H3,(H,14,15)(H,16,17)/t9?,10?,11-/m0/s1. The number of aliphatic carboxylic acids is 1. The minimum absolute atomic E-state index is 0.0721. The largest absolute Gasteiger partial charge is 0.480 e. The predicted molar refractivity (Wildman–Crippen MR) is 67.2 cm³/mol. The van der Waals surface area contributed by atoms with Crippen LogP contribution in [0.25, 0.3) is 0 Å². The van der Waals surface area contributed by atoms with Gasteiger partial charge in [-0.2, -0.15) is 0 Å². The van der Waals surface area contributed by atoms with Gasteiger partial charge in [-0.1, -0.05) is 13.8 Å². The van der Waals surface area contributed by atoms with E-state index in [1.807, 2.05) is 20.8 Å². The van der Waals surface area contributed by atoms with Crippen molar-refractivity contribution in [3.05, 3.63) is 0 Å². The van der Waals surface area contributed by atoms with Crippen LogP contribution in [0.15, 0.2) is 0 Å². The van der Waals surface area contributed by atoms with Crippen molar-refractivity contribution in [3.63, 3.8) is 0 Å². The molecule has 3 atom stereocenters. The SMILES string of the molecule is CC(C)C[C@H](NC(=O)C1CCOC(C)C1)C(=O)O. The molecule has 5 nitrogen and oxygen atoms in total. The molecule has 1 amide bonds. The third-order valence-corrected chi connectivity index (χ3v) is 3.18. The van der Waals surface area contributed by atoms with Crippen molar-refractivity contribution in [2.45, 2.75) is 52.2 Å². The lowest BCUT2D eigenvalue weighted by molar-refractivity contribution is -0.143. The maximum absolute atomic E-state index is 12.0. The van der Waals surface area contributed by atoms with Crippen molar-refractivity contribution >= 4 is 11.9 Å². The minimum atomic E-state index is -0.961. The van der Waals surface area contributed by atoms with Gasteiger partial charge in [-0.05, 0) is 32.1 Å². The maximum Gasteiger partial charge on any atom is 0.326 e. The van der Waals surface area contributed by atoms with Crippen LogP contribution >= 0.6 is 0 Å². The Hall–Kier alpha value is -1.10. The summed E-state index contributed by atoms with van der Waals surface area (Å²) in [7, 11) is 0. The lowest BCUT2D eigenvalue weighted by Crippen LogP contribution is -2.46. The summed E-state index contributed by atoms with van der Waals surface area (Å²) in [6.07, 6.45) is 1.87. The molecule has 104 valence electrons. The van der Waals surface area contributed by atoms with E-state index in [-0.39, 0.29) is 23.8 Å². The molecule has 1 heterocycles. The van der Waals surface area contributed by atoms with Crippen LogP contribution in [0.3, 0.4) is 0 Å². The van der Waals surface area contributed by atoms with Gasteiger partial charge in [-0.25, -0.2) is 4.79 Å². The molecule has 0 spiro atoms. The van der Waals surface area contributed by atoms with Crippen LogP contribution < -0.4 is 5.32 Å². The zero-order chi connectivity index (χ0) is 13.7. The van der Waals surface area contributed by atoms with Crippen molar-refractivity contribution < 1.29 is 19.4 Å². The summed E-state index contributed by atoms with van der Waals surface area (Å²) in [5.41, 5.74) is 0. The molecule has 1 rings (SSSR count). The minimum Gasteiger partial charge on any atom is -0.480 e. The van der Waals surface area contributed by atoms with Gasteiger partial charge < -0.3 is 15.2 Å². The van der Waals surface area contributed by atoms with E-state index in [9.17, 15) is 9.59 Å². The lowest BCUT2D eigenvalue weighted by atomic mass is 9.94. The Morgan fingerprint density at radius 3 is 2.61 bits per heavy atom. The molecule has 1 saturated heterocycles. The Morgan fingerprint density at radius 2 is 2.11 bits per heavy atom. The van der Waals surface area contributed by atoms with Crippen LogP contribution in [0.1, 0.15) is 40.0 Å². The van der Waals surface area contributed by atoms with Crippen LogP contribution in [0.5, 0.6) is 0 Å². The molecule has 0 saturated carbocycles. The molecule has 1 aliphatic heterocycles. The molecule has 0 aliphatic carbocycles. The molecule has 0 aromatic carbocycles. The van der Waals surface area contributed by atoms with Crippen molar-refractivity contribution in [3.8, 4) is 0 Å². The number of carboxylic acids is 1. The number of ether oxygens (including phenoxy) is 1. The van der Waals surface area contributed by atoms with Crippen molar-refractivity contribution in [1.82, 2.24) is 5.32 Å². The van der Waals surface area contributed by atoms with E-state index in [2.05, 4.69) is 5.32 Å². The molecule has 18 heavy (non-hydrogen) atoms. The van der Waals surface area contributed by atoms with Crippen molar-refractivity contribution in [1.29, 1.82) is 0 Å². The van der Waals surface area contributed by atoms with Gasteiger partial charge in [-0.15, -0.1) is 0 Å². The third kappa shape index (κ3) is 4.64. The van der Waals surface area contributed by atoms with E-state index < -0.39 is 12.0 Å². The summed E-state index contributed by atoms with van der Waals surface area (Å²) in [5, 5.41) is 11.7. The molecule has 1 aliphatic rings. The first-order valence-corrected chi connectivity index (χ1v) is 6.55. The second kappa shape index (κ2) is 6.73. The molecular weight excluding hydrogens is 234 g/mol. The van der Waals surface area contributed by atoms with Gasteiger partial charge in [-0.3, -0.25) is 4.79 Å². The fourth-order valence-electron chi connectivity index (χ4n) is 2.22. The lowest BCUT2D eigenvalue weighted by Gasteiger charge is -2.27. The van der Waals surface area contributed by atoms with Gasteiger partial charge in [0.15, 0.2) is 0 Å². The second-order valence-corrected chi connectivity index (χ2v) is 5.43. The molecule has 2 unspecified atom stereocenters. The predicted octanol–water partition coefficient (Wildman–Crippen LogP) is 1.42. The Kier molecular flexibility index (Phi) is 5.59. The van der Waals surface area contributed by atoms with Crippen LogP contribution in [0.2, 0.25) is 0 Å². The molecular formula is C13H23NO4. The number of hydrogen-bond donors (Lipinski definition) is 2. The van der Waals surface area contributed by atoms with Gasteiger partial charge >= 0.3 is 5.97 Å². The van der Waals surface area contributed by atoms with E-state index in [0.29, 0.717) is 25.9 Å². The Bertz CT molecular complexity index is 303. The second-order valence-electron chi connectivity index (χ2n) is 5.43. The van der Waals surface area contributed by atoms with Crippen molar-refractivity contribution in [2.75, 3.05) is 6.61 Å². The molecule has 0 radical (unpaired) electrons. The van der Waals surface area contributed by atoms with Crippen LogP contribution in [-0.2, 0) is 14.3 Å². The normalized spacial score (nSPS) is 25.8. The fraction of sp³-hybridized carbons (Fsp3) is 0.846. The van der Waals surface area contributed by atoms with E-state index in [1.165, 1.54) is 0 Å². The number of rotatable bonds is 5. The van der Waals surface area contributed by atoms with Crippen LogP contribution in [0, 0.1) is 11.8 Å². The highest BCUT2D eigenvalue weighted by Crippen LogP contribution is 2.20.